The van der Waals surface area contributed by atoms with E-state index in [-0.39, 0.29) is 16.8 Å². The fourth-order valence-electron chi connectivity index (χ4n) is 2.44. The summed E-state index contributed by atoms with van der Waals surface area (Å²) in [5.41, 5.74) is 3.46. The highest BCUT2D eigenvalue weighted by molar-refractivity contribution is 8.00. The van der Waals surface area contributed by atoms with Crippen LogP contribution in [0.2, 0.25) is 0 Å². The van der Waals surface area contributed by atoms with Gasteiger partial charge in [-0.2, -0.15) is 4.68 Å². The molecule has 0 saturated heterocycles. The quantitative estimate of drug-likeness (QED) is 0.559. The molecule has 128 valence electrons. The number of benzene rings is 2. The van der Waals surface area contributed by atoms with E-state index in [0.29, 0.717) is 5.16 Å². The molecule has 1 aromatic heterocycles. The highest BCUT2D eigenvalue weighted by Gasteiger charge is 2.21. The second kappa shape index (κ2) is 7.06. The lowest BCUT2D eigenvalue weighted by molar-refractivity contribution is 0.0993. The van der Waals surface area contributed by atoms with Gasteiger partial charge in [-0.05, 0) is 67.1 Å². The number of aryl methyl sites for hydroxylation is 2. The first-order valence-electron chi connectivity index (χ1n) is 7.81. The third kappa shape index (κ3) is 3.71. The summed E-state index contributed by atoms with van der Waals surface area (Å²) in [5.74, 6) is 0.218. The molecule has 0 fully saturated rings. The number of ketones is 1. The molecule has 2 aromatic carbocycles. The van der Waals surface area contributed by atoms with Crippen molar-refractivity contribution in [2.45, 2.75) is 31.2 Å². The Labute approximate surface area is 149 Å². The van der Waals surface area contributed by atoms with Crippen molar-refractivity contribution >= 4 is 17.5 Å². The Balaban J connectivity index is 1.83. The average Bonchev–Trinajstić information content (AvgIpc) is 3.05. The Morgan fingerprint density at radius 1 is 1.16 bits per heavy atom. The Morgan fingerprint density at radius 2 is 1.88 bits per heavy atom. The summed E-state index contributed by atoms with van der Waals surface area (Å²) in [7, 11) is 0. The fourth-order valence-corrected chi connectivity index (χ4v) is 3.32. The molecule has 1 atom stereocenters. The number of phenolic OH excluding ortho intramolecular Hbond substituents is 1. The summed E-state index contributed by atoms with van der Waals surface area (Å²) in [6.07, 6.45) is 0. The van der Waals surface area contributed by atoms with Gasteiger partial charge in [0, 0.05) is 5.56 Å². The van der Waals surface area contributed by atoms with Gasteiger partial charge >= 0.3 is 0 Å². The Hall–Kier alpha value is -2.67. The molecule has 0 saturated carbocycles. The molecule has 1 N–H and O–H groups in total. The van der Waals surface area contributed by atoms with Crippen LogP contribution in [-0.2, 0) is 0 Å². The molecule has 3 rings (SSSR count). The first-order valence-corrected chi connectivity index (χ1v) is 8.69. The maximum atomic E-state index is 12.8. The highest BCUT2D eigenvalue weighted by atomic mass is 32.2. The summed E-state index contributed by atoms with van der Waals surface area (Å²) >= 11 is 1.31. The van der Waals surface area contributed by atoms with Gasteiger partial charge in [0.2, 0.25) is 5.16 Å². The molecule has 7 heteroatoms. The van der Waals surface area contributed by atoms with Crippen molar-refractivity contribution in [3.05, 3.63) is 59.2 Å². The van der Waals surface area contributed by atoms with Gasteiger partial charge in [-0.25, -0.2) is 0 Å². The topological polar surface area (TPSA) is 80.9 Å². The molecule has 0 bridgehead atoms. The van der Waals surface area contributed by atoms with Gasteiger partial charge in [-0.3, -0.25) is 4.79 Å². The van der Waals surface area contributed by atoms with Gasteiger partial charge in [-0.1, -0.05) is 29.5 Å². The van der Waals surface area contributed by atoms with Gasteiger partial charge < -0.3 is 5.11 Å². The maximum absolute atomic E-state index is 12.8. The lowest BCUT2D eigenvalue weighted by Gasteiger charge is -2.12. The largest absolute Gasteiger partial charge is 0.508 e. The van der Waals surface area contributed by atoms with Crippen molar-refractivity contribution in [2.24, 2.45) is 0 Å². The summed E-state index contributed by atoms with van der Waals surface area (Å²) in [6, 6.07) is 12.4. The summed E-state index contributed by atoms with van der Waals surface area (Å²) in [6.45, 7) is 5.76. The van der Waals surface area contributed by atoms with E-state index in [9.17, 15) is 9.90 Å². The van der Waals surface area contributed by atoms with Crippen molar-refractivity contribution in [3.8, 4) is 11.4 Å². The molecule has 0 aliphatic heterocycles. The van der Waals surface area contributed by atoms with Crippen LogP contribution in [-0.4, -0.2) is 36.3 Å². The minimum Gasteiger partial charge on any atom is -0.508 e. The van der Waals surface area contributed by atoms with Crippen molar-refractivity contribution in [3.63, 3.8) is 0 Å². The molecule has 0 amide bonds. The van der Waals surface area contributed by atoms with Crippen LogP contribution in [0.3, 0.4) is 0 Å². The SMILES string of the molecule is Cc1ccc(C)c(C(=O)C(C)Sc2nnnn2-c2ccc(O)cc2)c1. The van der Waals surface area contributed by atoms with Crippen LogP contribution < -0.4 is 0 Å². The Morgan fingerprint density at radius 3 is 2.60 bits per heavy atom. The minimum atomic E-state index is -0.331. The number of aromatic hydroxyl groups is 1. The smallest absolute Gasteiger partial charge is 0.214 e. The number of thioether (sulfide) groups is 1. The van der Waals surface area contributed by atoms with Crippen LogP contribution in [0.1, 0.15) is 28.4 Å². The van der Waals surface area contributed by atoms with E-state index in [2.05, 4.69) is 15.5 Å². The van der Waals surface area contributed by atoms with Crippen LogP contribution in [0, 0.1) is 13.8 Å². The molecule has 1 unspecified atom stereocenters. The van der Waals surface area contributed by atoms with E-state index in [0.717, 1.165) is 22.4 Å². The predicted molar refractivity (Wildman–Crippen MR) is 96.4 cm³/mol. The fraction of sp³-hybridized carbons (Fsp3) is 0.222. The number of aromatic nitrogens is 4. The van der Waals surface area contributed by atoms with E-state index in [1.54, 1.807) is 28.9 Å². The zero-order valence-electron chi connectivity index (χ0n) is 14.2. The minimum absolute atomic E-state index is 0.0476. The summed E-state index contributed by atoms with van der Waals surface area (Å²) in [5, 5.41) is 21.3. The first-order chi connectivity index (χ1) is 12.0. The maximum Gasteiger partial charge on any atom is 0.214 e. The second-order valence-electron chi connectivity index (χ2n) is 5.83. The van der Waals surface area contributed by atoms with E-state index in [1.165, 1.54) is 11.8 Å². The number of Topliss-reactive ketones (excluding diaryl/α,β-unsaturated/α-hetero) is 1. The first kappa shape index (κ1) is 17.2. The van der Waals surface area contributed by atoms with Gasteiger partial charge in [0.05, 0.1) is 10.9 Å². The van der Waals surface area contributed by atoms with Gasteiger partial charge in [-0.15, -0.1) is 5.10 Å². The third-order valence-electron chi connectivity index (χ3n) is 3.85. The number of rotatable bonds is 5. The molecule has 0 aliphatic carbocycles. The predicted octanol–water partition coefficient (Wildman–Crippen LogP) is 3.35. The molecular formula is C18H18N4O2S. The van der Waals surface area contributed by atoms with Gasteiger partial charge in [0.1, 0.15) is 5.75 Å². The monoisotopic (exact) mass is 354 g/mol. The average molecular weight is 354 g/mol. The Kier molecular flexibility index (Phi) is 4.85. The lowest BCUT2D eigenvalue weighted by atomic mass is 10.0. The van der Waals surface area contributed by atoms with Crippen molar-refractivity contribution in [2.75, 3.05) is 0 Å². The van der Waals surface area contributed by atoms with Crippen LogP contribution in [0.5, 0.6) is 5.75 Å². The van der Waals surface area contributed by atoms with Gasteiger partial charge in [0.25, 0.3) is 0 Å². The van der Waals surface area contributed by atoms with E-state index >= 15 is 0 Å². The number of tetrazole rings is 1. The zero-order chi connectivity index (χ0) is 18.0. The molecule has 1 heterocycles. The molecule has 0 aliphatic rings. The lowest BCUT2D eigenvalue weighted by Crippen LogP contribution is -2.16. The summed E-state index contributed by atoms with van der Waals surface area (Å²) < 4.78 is 1.55. The van der Waals surface area contributed by atoms with Crippen LogP contribution in [0.4, 0.5) is 0 Å². The molecule has 0 radical (unpaired) electrons. The molecule has 25 heavy (non-hydrogen) atoms. The zero-order valence-corrected chi connectivity index (χ0v) is 15.0. The molecule has 6 nitrogen and oxygen atoms in total. The number of nitrogens with zero attached hydrogens (tertiary/aromatic N) is 4. The third-order valence-corrected chi connectivity index (χ3v) is 4.88. The Bertz CT molecular complexity index is 906. The number of hydrogen-bond acceptors (Lipinski definition) is 6. The van der Waals surface area contributed by atoms with Crippen LogP contribution >= 0.6 is 11.8 Å². The number of carbonyl (C=O) groups excluding carboxylic acids is 1. The normalized spacial score (nSPS) is 12.1. The van der Waals surface area contributed by atoms with Crippen molar-refractivity contribution < 1.29 is 9.90 Å². The highest BCUT2D eigenvalue weighted by Crippen LogP contribution is 2.27. The van der Waals surface area contributed by atoms with Crippen LogP contribution in [0.15, 0.2) is 47.6 Å². The number of carbonyl (C=O) groups is 1. The second-order valence-corrected chi connectivity index (χ2v) is 7.14. The molecular weight excluding hydrogens is 336 g/mol. The van der Waals surface area contributed by atoms with E-state index < -0.39 is 0 Å². The molecule has 3 aromatic rings. The van der Waals surface area contributed by atoms with Crippen molar-refractivity contribution in [1.29, 1.82) is 0 Å². The van der Waals surface area contributed by atoms with Crippen LogP contribution in [0.25, 0.3) is 5.69 Å². The van der Waals surface area contributed by atoms with Gasteiger partial charge in [0.15, 0.2) is 5.78 Å². The summed E-state index contributed by atoms with van der Waals surface area (Å²) in [4.78, 5) is 12.8. The van der Waals surface area contributed by atoms with E-state index in [4.69, 9.17) is 0 Å². The molecule has 0 spiro atoms. The number of phenols is 1. The number of hydrogen-bond donors (Lipinski definition) is 1. The van der Waals surface area contributed by atoms with Crippen molar-refractivity contribution in [1.82, 2.24) is 20.2 Å². The standard InChI is InChI=1S/C18H18N4O2S/c1-11-4-5-12(2)16(10-11)17(24)13(3)25-18-19-20-21-22(18)14-6-8-15(23)9-7-14/h4-10,13,23H,1-3H3. The van der Waals surface area contributed by atoms with E-state index in [1.807, 2.05) is 39.0 Å².